The minimum Gasteiger partial charge on any atom is -0.146 e. The summed E-state index contributed by atoms with van der Waals surface area (Å²) in [6.45, 7) is 0. The van der Waals surface area contributed by atoms with Crippen LogP contribution in [0.15, 0.2) is 6.20 Å². The monoisotopic (exact) mass is 296 g/mol. The van der Waals surface area contributed by atoms with E-state index in [1.54, 1.807) is 17.5 Å². The second kappa shape index (κ2) is 3.07. The zero-order valence-electron chi connectivity index (χ0n) is 5.06. The molecule has 0 spiro atoms. The molecule has 2 aromatic heterocycles. The van der Waals surface area contributed by atoms with Gasteiger partial charge in [0, 0.05) is 0 Å². The van der Waals surface area contributed by atoms with E-state index in [2.05, 4.69) is 42.4 Å². The van der Waals surface area contributed by atoms with E-state index >= 15 is 0 Å². The third-order valence-corrected chi connectivity index (χ3v) is 3.39. The Morgan fingerprint density at radius 2 is 2.27 bits per heavy atom. The van der Waals surface area contributed by atoms with Crippen LogP contribution in [0.5, 0.6) is 0 Å². The van der Waals surface area contributed by atoms with Crippen molar-refractivity contribution in [1.29, 1.82) is 0 Å². The summed E-state index contributed by atoms with van der Waals surface area (Å²) >= 11 is 5.01. The van der Waals surface area contributed by atoms with E-state index in [1.165, 1.54) is 11.5 Å². The van der Waals surface area contributed by atoms with Crippen molar-refractivity contribution in [3.8, 4) is 9.88 Å². The van der Waals surface area contributed by atoms with Crippen molar-refractivity contribution in [1.82, 2.24) is 19.8 Å². The van der Waals surface area contributed by atoms with Gasteiger partial charge in [-0.05, 0) is 34.1 Å². The lowest BCUT2D eigenvalue weighted by Crippen LogP contribution is -1.70. The van der Waals surface area contributed by atoms with Gasteiger partial charge in [0.1, 0.15) is 4.88 Å². The highest BCUT2D eigenvalue weighted by atomic mass is 127. The molecule has 2 rings (SSSR count). The summed E-state index contributed by atoms with van der Waals surface area (Å²) in [7, 11) is 0. The summed E-state index contributed by atoms with van der Waals surface area (Å²) in [5.41, 5.74) is 0. The number of halogens is 1. The Kier molecular flexibility index (Phi) is 2.09. The first-order valence-corrected chi connectivity index (χ1v) is 5.30. The number of hydrogen-bond acceptors (Lipinski definition) is 6. The molecule has 0 atom stereocenters. The van der Waals surface area contributed by atoms with Crippen molar-refractivity contribution in [3.05, 3.63) is 9.21 Å². The summed E-state index contributed by atoms with van der Waals surface area (Å²) in [4.78, 5) is 0.977. The molecule has 0 fully saturated rings. The Labute approximate surface area is 84.0 Å². The summed E-state index contributed by atoms with van der Waals surface area (Å²) < 4.78 is 4.67. The molecule has 0 aromatic carbocycles. The smallest absolute Gasteiger partial charge is 0.146 e. The minimum atomic E-state index is 0.893. The van der Waals surface area contributed by atoms with Crippen LogP contribution in [0.4, 0.5) is 0 Å². The first-order valence-electron chi connectivity index (χ1n) is 2.63. The first kappa shape index (κ1) is 7.50. The maximum atomic E-state index is 3.95. The molecule has 11 heavy (non-hydrogen) atoms. The molecule has 0 bridgehead atoms. The molecule has 0 unspecified atom stereocenters. The van der Waals surface area contributed by atoms with Crippen LogP contribution in [0.25, 0.3) is 9.88 Å². The second-order valence-electron chi connectivity index (χ2n) is 1.64. The first-order chi connectivity index (χ1) is 5.36. The fourth-order valence-electron chi connectivity index (χ4n) is 0.566. The maximum Gasteiger partial charge on any atom is 0.178 e. The Morgan fingerprint density at radius 1 is 1.36 bits per heavy atom. The molecular weight excluding hydrogens is 295 g/mol. The molecule has 7 heteroatoms. The number of nitrogens with zero attached hydrogens (tertiary/aromatic N) is 4. The lowest BCUT2D eigenvalue weighted by molar-refractivity contribution is 1.07. The van der Waals surface area contributed by atoms with Crippen molar-refractivity contribution in [3.63, 3.8) is 0 Å². The molecule has 0 amide bonds. The van der Waals surface area contributed by atoms with Gasteiger partial charge in [0.15, 0.2) is 8.02 Å². The number of rotatable bonds is 1. The van der Waals surface area contributed by atoms with E-state index in [0.29, 0.717) is 0 Å². The highest BCUT2D eigenvalue weighted by Gasteiger charge is 2.05. The molecule has 0 aliphatic rings. The molecule has 56 valence electrons. The van der Waals surface area contributed by atoms with Crippen LogP contribution in [0, 0.1) is 3.01 Å². The zero-order chi connectivity index (χ0) is 7.68. The van der Waals surface area contributed by atoms with Crippen molar-refractivity contribution in [2.75, 3.05) is 0 Å². The molecule has 2 heterocycles. The molecule has 0 N–H and O–H groups in total. The van der Waals surface area contributed by atoms with Crippen molar-refractivity contribution in [2.24, 2.45) is 0 Å². The van der Waals surface area contributed by atoms with Crippen molar-refractivity contribution < 1.29 is 0 Å². The van der Waals surface area contributed by atoms with Gasteiger partial charge in [-0.15, -0.1) is 15.3 Å². The van der Waals surface area contributed by atoms with Crippen molar-refractivity contribution >= 4 is 45.5 Å². The Bertz CT molecular complexity index is 343. The number of hydrogen-bond donors (Lipinski definition) is 0. The van der Waals surface area contributed by atoms with Gasteiger partial charge in [0.05, 0.1) is 6.20 Å². The van der Waals surface area contributed by atoms with Crippen LogP contribution in [-0.4, -0.2) is 19.8 Å². The average molecular weight is 296 g/mol. The fourth-order valence-corrected chi connectivity index (χ4v) is 2.41. The lowest BCUT2D eigenvalue weighted by atomic mass is 10.6. The number of aromatic nitrogens is 4. The maximum absolute atomic E-state index is 3.95. The molecular formula is C4HIN4S2. The molecule has 0 saturated carbocycles. The van der Waals surface area contributed by atoms with Crippen LogP contribution in [0.3, 0.4) is 0 Å². The van der Waals surface area contributed by atoms with Crippen LogP contribution < -0.4 is 0 Å². The highest BCUT2D eigenvalue weighted by Crippen LogP contribution is 2.25. The molecule has 0 aliphatic heterocycles. The van der Waals surface area contributed by atoms with Gasteiger partial charge in [-0.1, -0.05) is 15.8 Å². The SMILES string of the molecule is Ic1nnc(-c2cnns2)s1. The van der Waals surface area contributed by atoms with E-state index in [4.69, 9.17) is 0 Å². The van der Waals surface area contributed by atoms with E-state index in [9.17, 15) is 0 Å². The summed E-state index contributed by atoms with van der Waals surface area (Å²) in [5.74, 6) is 0. The fraction of sp³-hybridized carbons (Fsp3) is 0. The second-order valence-corrected chi connectivity index (χ2v) is 5.16. The van der Waals surface area contributed by atoms with Gasteiger partial charge < -0.3 is 0 Å². The third kappa shape index (κ3) is 1.54. The van der Waals surface area contributed by atoms with Gasteiger partial charge in [0.2, 0.25) is 0 Å². The van der Waals surface area contributed by atoms with E-state index in [1.807, 2.05) is 0 Å². The largest absolute Gasteiger partial charge is 0.178 e. The highest BCUT2D eigenvalue weighted by molar-refractivity contribution is 14.1. The normalized spacial score (nSPS) is 10.3. The quantitative estimate of drug-likeness (QED) is 0.751. The van der Waals surface area contributed by atoms with E-state index < -0.39 is 0 Å². The summed E-state index contributed by atoms with van der Waals surface area (Å²) in [5, 5.41) is 12.4. The van der Waals surface area contributed by atoms with E-state index in [0.717, 1.165) is 12.9 Å². The minimum absolute atomic E-state index is 0.893. The Hall–Kier alpha value is -0.150. The zero-order valence-corrected chi connectivity index (χ0v) is 8.85. The van der Waals surface area contributed by atoms with Gasteiger partial charge >= 0.3 is 0 Å². The van der Waals surface area contributed by atoms with E-state index in [-0.39, 0.29) is 0 Å². The lowest BCUT2D eigenvalue weighted by Gasteiger charge is -1.78. The third-order valence-electron chi connectivity index (χ3n) is 0.972. The molecule has 0 aliphatic carbocycles. The predicted molar refractivity (Wildman–Crippen MR) is 51.5 cm³/mol. The summed E-state index contributed by atoms with van der Waals surface area (Å²) in [6.07, 6.45) is 1.70. The molecule has 0 saturated heterocycles. The molecule has 0 radical (unpaired) electrons. The topological polar surface area (TPSA) is 51.6 Å². The van der Waals surface area contributed by atoms with Crippen LogP contribution in [0.1, 0.15) is 0 Å². The Morgan fingerprint density at radius 3 is 2.82 bits per heavy atom. The molecule has 4 nitrogen and oxygen atoms in total. The molecule has 2 aromatic rings. The standard InChI is InChI=1S/C4HIN4S2/c5-4-8-7-3(10-4)2-1-6-9-11-2/h1H. The van der Waals surface area contributed by atoms with Gasteiger partial charge in [-0.2, -0.15) is 0 Å². The summed E-state index contributed by atoms with van der Waals surface area (Å²) in [6, 6.07) is 0. The Balaban J connectivity index is 2.45. The van der Waals surface area contributed by atoms with Crippen LogP contribution >= 0.6 is 45.5 Å². The van der Waals surface area contributed by atoms with Gasteiger partial charge in [0.25, 0.3) is 0 Å². The van der Waals surface area contributed by atoms with Crippen LogP contribution in [-0.2, 0) is 0 Å². The van der Waals surface area contributed by atoms with Crippen LogP contribution in [0.2, 0.25) is 0 Å². The average Bonchev–Trinajstić information content (AvgIpc) is 2.55. The van der Waals surface area contributed by atoms with Gasteiger partial charge in [-0.3, -0.25) is 0 Å². The van der Waals surface area contributed by atoms with Crippen molar-refractivity contribution in [2.45, 2.75) is 0 Å². The predicted octanol–water partition coefficient (Wildman–Crippen LogP) is 1.66. The van der Waals surface area contributed by atoms with Gasteiger partial charge in [-0.25, -0.2) is 0 Å².